The minimum Gasteiger partial charge on any atom is -0.384 e. The molecule has 2 aromatic rings. The molecule has 0 unspecified atom stereocenters. The van der Waals surface area contributed by atoms with Gasteiger partial charge in [0, 0.05) is 29.3 Å². The van der Waals surface area contributed by atoms with E-state index in [0.29, 0.717) is 0 Å². The highest BCUT2D eigenvalue weighted by molar-refractivity contribution is 6.31. The van der Waals surface area contributed by atoms with Crippen LogP contribution in [0.25, 0.3) is 5.69 Å². The molecule has 88 valence electrons. The van der Waals surface area contributed by atoms with Crippen LogP contribution in [0.1, 0.15) is 17.0 Å². The average Bonchev–Trinajstić information content (AvgIpc) is 2.84. The Hall–Kier alpha value is -1.41. The average molecular weight is 247 g/mol. The Morgan fingerprint density at radius 3 is 2.76 bits per heavy atom. The smallest absolute Gasteiger partial charge is 0.0618 e. The second-order valence-electron chi connectivity index (χ2n) is 4.57. The Morgan fingerprint density at radius 1 is 1.24 bits per heavy atom. The summed E-state index contributed by atoms with van der Waals surface area (Å²) in [4.78, 5) is 0. The zero-order chi connectivity index (χ0) is 12.0. The highest BCUT2D eigenvalue weighted by Crippen LogP contribution is 2.29. The molecule has 2 nitrogen and oxygen atoms in total. The van der Waals surface area contributed by atoms with Gasteiger partial charge in [-0.15, -0.1) is 0 Å². The highest BCUT2D eigenvalue weighted by atomic mass is 35.5. The van der Waals surface area contributed by atoms with E-state index in [0.717, 1.165) is 23.7 Å². The van der Waals surface area contributed by atoms with Crippen LogP contribution in [-0.2, 0) is 6.42 Å². The van der Waals surface area contributed by atoms with E-state index in [1.807, 2.05) is 6.07 Å². The third kappa shape index (κ3) is 1.64. The summed E-state index contributed by atoms with van der Waals surface area (Å²) < 4.78 is 2.20. The lowest BCUT2D eigenvalue weighted by Crippen LogP contribution is -1.99. The molecular weight excluding hydrogens is 232 g/mol. The van der Waals surface area contributed by atoms with Gasteiger partial charge >= 0.3 is 0 Å². The van der Waals surface area contributed by atoms with Gasteiger partial charge in [0.25, 0.3) is 0 Å². The van der Waals surface area contributed by atoms with E-state index in [1.54, 1.807) is 0 Å². The summed E-state index contributed by atoms with van der Waals surface area (Å²) >= 11 is 6.17. The minimum atomic E-state index is 0.830. The quantitative estimate of drug-likeness (QED) is 0.812. The van der Waals surface area contributed by atoms with Gasteiger partial charge in [0.2, 0.25) is 0 Å². The summed E-state index contributed by atoms with van der Waals surface area (Å²) in [5.74, 6) is 0. The van der Waals surface area contributed by atoms with Crippen LogP contribution in [0.2, 0.25) is 5.02 Å². The van der Waals surface area contributed by atoms with E-state index in [-0.39, 0.29) is 0 Å². The van der Waals surface area contributed by atoms with Crippen molar-refractivity contribution < 1.29 is 0 Å². The van der Waals surface area contributed by atoms with E-state index >= 15 is 0 Å². The maximum absolute atomic E-state index is 6.17. The topological polar surface area (TPSA) is 17.0 Å². The number of halogens is 1. The van der Waals surface area contributed by atoms with Gasteiger partial charge in [-0.25, -0.2) is 0 Å². The largest absolute Gasteiger partial charge is 0.384 e. The second kappa shape index (κ2) is 3.81. The number of anilines is 1. The molecule has 1 aliphatic heterocycles. The van der Waals surface area contributed by atoms with E-state index < -0.39 is 0 Å². The molecule has 3 heteroatoms. The predicted molar refractivity (Wildman–Crippen MR) is 72.4 cm³/mol. The first-order valence-electron chi connectivity index (χ1n) is 5.88. The fraction of sp³-hybridized carbons (Fsp3) is 0.286. The van der Waals surface area contributed by atoms with Crippen molar-refractivity contribution in [3.05, 3.63) is 46.2 Å². The third-order valence-corrected chi connectivity index (χ3v) is 3.81. The zero-order valence-corrected chi connectivity index (χ0v) is 10.8. The minimum absolute atomic E-state index is 0.830. The van der Waals surface area contributed by atoms with Crippen molar-refractivity contribution in [1.29, 1.82) is 0 Å². The lowest BCUT2D eigenvalue weighted by atomic mass is 10.1. The lowest BCUT2D eigenvalue weighted by Gasteiger charge is -2.11. The number of nitrogens with zero attached hydrogens (tertiary/aromatic N) is 1. The maximum atomic E-state index is 6.17. The summed E-state index contributed by atoms with van der Waals surface area (Å²) in [6.45, 7) is 5.18. The van der Waals surface area contributed by atoms with Crippen molar-refractivity contribution in [2.45, 2.75) is 20.3 Å². The first-order chi connectivity index (χ1) is 8.16. The summed E-state index contributed by atoms with van der Waals surface area (Å²) in [5.41, 5.74) is 6.11. The van der Waals surface area contributed by atoms with Gasteiger partial charge in [-0.2, -0.15) is 0 Å². The SMILES string of the molecule is Cc1cc(Cl)c(C)n1-c1ccc2c(c1)NCC2. The van der Waals surface area contributed by atoms with Crippen LogP contribution in [0.5, 0.6) is 0 Å². The van der Waals surface area contributed by atoms with Crippen LogP contribution in [0.3, 0.4) is 0 Å². The Bertz CT molecular complexity index is 584. The van der Waals surface area contributed by atoms with Gasteiger partial charge in [0.05, 0.1) is 5.02 Å². The van der Waals surface area contributed by atoms with Crippen LogP contribution in [0, 0.1) is 13.8 Å². The number of benzene rings is 1. The van der Waals surface area contributed by atoms with Crippen LogP contribution in [0.4, 0.5) is 5.69 Å². The Labute approximate surface area is 106 Å². The lowest BCUT2D eigenvalue weighted by molar-refractivity contribution is 0.966. The summed E-state index contributed by atoms with van der Waals surface area (Å²) in [6.07, 6.45) is 1.13. The van der Waals surface area contributed by atoms with Gasteiger partial charge in [-0.05, 0) is 44.0 Å². The molecule has 0 amide bonds. The van der Waals surface area contributed by atoms with Crippen LogP contribution >= 0.6 is 11.6 Å². The molecule has 0 atom stereocenters. The molecule has 1 aromatic carbocycles. The molecule has 0 bridgehead atoms. The van der Waals surface area contributed by atoms with Crippen molar-refractivity contribution in [3.8, 4) is 5.69 Å². The molecule has 0 saturated carbocycles. The first kappa shape index (κ1) is 10.7. The molecule has 3 rings (SSSR count). The Morgan fingerprint density at radius 2 is 2.06 bits per heavy atom. The Balaban J connectivity index is 2.15. The van der Waals surface area contributed by atoms with Gasteiger partial charge in [0.1, 0.15) is 0 Å². The molecule has 1 aromatic heterocycles. The molecule has 17 heavy (non-hydrogen) atoms. The molecular formula is C14H15ClN2. The predicted octanol–water partition coefficient (Wildman–Crippen LogP) is 3.72. The Kier molecular flexibility index (Phi) is 2.40. The fourth-order valence-electron chi connectivity index (χ4n) is 2.54. The number of aryl methyl sites for hydroxylation is 1. The van der Waals surface area contributed by atoms with Gasteiger partial charge in [-0.3, -0.25) is 0 Å². The van der Waals surface area contributed by atoms with Crippen molar-refractivity contribution in [2.24, 2.45) is 0 Å². The molecule has 0 fully saturated rings. The van der Waals surface area contributed by atoms with E-state index in [1.165, 1.54) is 22.6 Å². The fourth-order valence-corrected chi connectivity index (χ4v) is 2.78. The molecule has 1 aliphatic rings. The standard InChI is InChI=1S/C14H15ClN2/c1-9-7-13(15)10(2)17(9)12-4-3-11-5-6-16-14(11)8-12/h3-4,7-8,16H,5-6H2,1-2H3. The number of aromatic nitrogens is 1. The number of hydrogen-bond donors (Lipinski definition) is 1. The van der Waals surface area contributed by atoms with E-state index in [4.69, 9.17) is 11.6 Å². The molecule has 0 aliphatic carbocycles. The monoisotopic (exact) mass is 246 g/mol. The van der Waals surface area contributed by atoms with E-state index in [2.05, 4.69) is 41.9 Å². The first-order valence-corrected chi connectivity index (χ1v) is 6.26. The summed E-state index contributed by atoms with van der Waals surface area (Å²) in [7, 11) is 0. The maximum Gasteiger partial charge on any atom is 0.0618 e. The summed E-state index contributed by atoms with van der Waals surface area (Å²) in [5, 5.41) is 4.24. The van der Waals surface area contributed by atoms with Gasteiger partial charge in [0.15, 0.2) is 0 Å². The summed E-state index contributed by atoms with van der Waals surface area (Å²) in [6, 6.07) is 8.59. The van der Waals surface area contributed by atoms with Gasteiger partial charge < -0.3 is 9.88 Å². The number of hydrogen-bond acceptors (Lipinski definition) is 1. The molecule has 0 saturated heterocycles. The number of nitrogens with one attached hydrogen (secondary N) is 1. The van der Waals surface area contributed by atoms with Crippen LogP contribution in [-0.4, -0.2) is 11.1 Å². The number of rotatable bonds is 1. The van der Waals surface area contributed by atoms with E-state index in [9.17, 15) is 0 Å². The normalized spacial score (nSPS) is 13.6. The highest BCUT2D eigenvalue weighted by Gasteiger charge is 2.13. The van der Waals surface area contributed by atoms with Crippen LogP contribution < -0.4 is 5.32 Å². The molecule has 1 N–H and O–H groups in total. The zero-order valence-electron chi connectivity index (χ0n) is 10.0. The third-order valence-electron chi connectivity index (χ3n) is 3.43. The molecule has 0 spiro atoms. The van der Waals surface area contributed by atoms with Crippen molar-refractivity contribution in [2.75, 3.05) is 11.9 Å². The van der Waals surface area contributed by atoms with Crippen molar-refractivity contribution in [1.82, 2.24) is 4.57 Å². The van der Waals surface area contributed by atoms with Crippen molar-refractivity contribution in [3.63, 3.8) is 0 Å². The number of fused-ring (bicyclic) bond motifs is 1. The van der Waals surface area contributed by atoms with Crippen molar-refractivity contribution >= 4 is 17.3 Å². The van der Waals surface area contributed by atoms with Crippen LogP contribution in [0.15, 0.2) is 24.3 Å². The molecule has 2 heterocycles. The van der Waals surface area contributed by atoms with Gasteiger partial charge in [-0.1, -0.05) is 17.7 Å². The molecule has 0 radical (unpaired) electrons. The second-order valence-corrected chi connectivity index (χ2v) is 4.98.